The van der Waals surface area contributed by atoms with E-state index in [4.69, 9.17) is 9.84 Å². The van der Waals surface area contributed by atoms with E-state index >= 15 is 0 Å². The number of piperidine rings is 1. The molecule has 0 amide bonds. The third-order valence-electron chi connectivity index (χ3n) is 4.99. The number of carboxylic acids is 1. The number of aliphatic carboxylic acids is 1. The molecule has 2 aliphatic rings. The summed E-state index contributed by atoms with van der Waals surface area (Å²) >= 11 is 1.73. The highest BCUT2D eigenvalue weighted by atomic mass is 35.5. The first-order chi connectivity index (χ1) is 12.1. The van der Waals surface area contributed by atoms with Crippen molar-refractivity contribution in [1.29, 1.82) is 0 Å². The van der Waals surface area contributed by atoms with Gasteiger partial charge in [0.2, 0.25) is 0 Å². The lowest BCUT2D eigenvalue weighted by atomic mass is 9.87. The van der Waals surface area contributed by atoms with Crippen LogP contribution in [0, 0.1) is 0 Å². The largest absolute Gasteiger partial charge is 0.487 e. The lowest BCUT2D eigenvalue weighted by Gasteiger charge is -2.27. The van der Waals surface area contributed by atoms with Gasteiger partial charge in [-0.15, -0.1) is 23.7 Å². The number of fused-ring (bicyclic) bond motifs is 2. The molecule has 0 unspecified atom stereocenters. The van der Waals surface area contributed by atoms with E-state index in [1.54, 1.807) is 11.3 Å². The van der Waals surface area contributed by atoms with Crippen LogP contribution in [0.25, 0.3) is 5.57 Å². The van der Waals surface area contributed by atoms with Gasteiger partial charge >= 0.3 is 5.97 Å². The summed E-state index contributed by atoms with van der Waals surface area (Å²) in [6, 6.07) is 7.99. The van der Waals surface area contributed by atoms with Gasteiger partial charge in [0.25, 0.3) is 0 Å². The van der Waals surface area contributed by atoms with E-state index in [1.165, 1.54) is 21.6 Å². The van der Waals surface area contributed by atoms with Crippen LogP contribution in [0.2, 0.25) is 0 Å². The highest BCUT2D eigenvalue weighted by Crippen LogP contribution is 2.42. The molecule has 2 aromatic rings. The average Bonchev–Trinajstić information content (AvgIpc) is 2.98. The van der Waals surface area contributed by atoms with Crippen molar-refractivity contribution in [3.8, 4) is 5.75 Å². The Morgan fingerprint density at radius 3 is 2.73 bits per heavy atom. The molecule has 1 N–H and O–H groups in total. The van der Waals surface area contributed by atoms with Crippen LogP contribution in [0.1, 0.15) is 34.4 Å². The molecule has 138 valence electrons. The fraction of sp³-hybridized carbons (Fsp3) is 0.350. The number of nitrogens with zero attached hydrogens (tertiary/aromatic N) is 1. The van der Waals surface area contributed by atoms with Gasteiger partial charge in [0.1, 0.15) is 12.4 Å². The molecule has 0 bridgehead atoms. The molecular formula is C20H22ClNO3S. The molecule has 6 heteroatoms. The lowest BCUT2D eigenvalue weighted by molar-refractivity contribution is -0.136. The SMILES string of the molecule is CN1CCC(=C2c3cc(CC(=O)O)ccc3OCc3sccc32)CC1.Cl. The molecular weight excluding hydrogens is 370 g/mol. The summed E-state index contributed by atoms with van der Waals surface area (Å²) < 4.78 is 6.05. The first-order valence-corrected chi connectivity index (χ1v) is 9.45. The fourth-order valence-electron chi connectivity index (χ4n) is 3.67. The smallest absolute Gasteiger partial charge is 0.307 e. The Morgan fingerprint density at radius 2 is 2.00 bits per heavy atom. The van der Waals surface area contributed by atoms with Crippen molar-refractivity contribution in [2.24, 2.45) is 0 Å². The number of benzene rings is 1. The minimum absolute atomic E-state index is 0. The fourth-order valence-corrected chi connectivity index (χ4v) is 4.46. The van der Waals surface area contributed by atoms with E-state index in [-0.39, 0.29) is 18.8 Å². The summed E-state index contributed by atoms with van der Waals surface area (Å²) in [5.74, 6) is 0.0539. The van der Waals surface area contributed by atoms with Crippen LogP contribution in [0.15, 0.2) is 35.2 Å². The van der Waals surface area contributed by atoms with Crippen molar-refractivity contribution in [2.45, 2.75) is 25.9 Å². The second kappa shape index (κ2) is 7.82. The van der Waals surface area contributed by atoms with Gasteiger partial charge in [-0.1, -0.05) is 11.6 Å². The van der Waals surface area contributed by atoms with Crippen LogP contribution >= 0.6 is 23.7 Å². The van der Waals surface area contributed by atoms with Gasteiger partial charge in [0, 0.05) is 23.5 Å². The zero-order valence-electron chi connectivity index (χ0n) is 14.7. The first kappa shape index (κ1) is 19.0. The maximum absolute atomic E-state index is 11.1. The molecule has 1 aromatic carbocycles. The van der Waals surface area contributed by atoms with Gasteiger partial charge in [-0.05, 0) is 60.2 Å². The Bertz CT molecular complexity index is 848. The van der Waals surface area contributed by atoms with Crippen molar-refractivity contribution < 1.29 is 14.6 Å². The first-order valence-electron chi connectivity index (χ1n) is 8.57. The highest BCUT2D eigenvalue weighted by molar-refractivity contribution is 7.10. The summed E-state index contributed by atoms with van der Waals surface area (Å²) in [7, 11) is 2.16. The van der Waals surface area contributed by atoms with Gasteiger partial charge in [0.15, 0.2) is 0 Å². The van der Waals surface area contributed by atoms with Crippen molar-refractivity contribution in [3.63, 3.8) is 0 Å². The Morgan fingerprint density at radius 1 is 1.23 bits per heavy atom. The standard InChI is InChI=1S/C20H21NO3S.ClH/c1-21-7-4-14(5-8-21)20-15-6-9-25-18(15)12-24-17-3-2-13(10-16(17)20)11-19(22)23;/h2-3,6,9-10H,4-5,7-8,11-12H2,1H3,(H,22,23);1H. The molecule has 0 saturated carbocycles. The predicted molar refractivity (Wildman–Crippen MR) is 106 cm³/mol. The number of carboxylic acid groups (broad SMARTS) is 1. The molecule has 26 heavy (non-hydrogen) atoms. The number of rotatable bonds is 2. The number of ether oxygens (including phenoxy) is 1. The van der Waals surface area contributed by atoms with Gasteiger partial charge in [-0.3, -0.25) is 4.79 Å². The Hall–Kier alpha value is -1.82. The lowest BCUT2D eigenvalue weighted by Crippen LogP contribution is -2.26. The Kier molecular flexibility index (Phi) is 5.70. The molecule has 1 aromatic heterocycles. The molecule has 4 rings (SSSR count). The molecule has 0 atom stereocenters. The zero-order chi connectivity index (χ0) is 17.4. The van der Waals surface area contributed by atoms with Gasteiger partial charge in [-0.2, -0.15) is 0 Å². The summed E-state index contributed by atoms with van der Waals surface area (Å²) in [5, 5.41) is 11.3. The molecule has 4 nitrogen and oxygen atoms in total. The number of likely N-dealkylation sites (tertiary alicyclic amines) is 1. The normalized spacial score (nSPS) is 16.8. The molecule has 3 heterocycles. The van der Waals surface area contributed by atoms with Gasteiger partial charge in [-0.25, -0.2) is 0 Å². The molecule has 0 spiro atoms. The van der Waals surface area contributed by atoms with Crippen molar-refractivity contribution >= 4 is 35.3 Å². The van der Waals surface area contributed by atoms with Crippen molar-refractivity contribution in [3.05, 3.63) is 56.8 Å². The Labute approximate surface area is 163 Å². The molecule has 1 saturated heterocycles. The number of halogens is 1. The van der Waals surface area contributed by atoms with Gasteiger partial charge in [0.05, 0.1) is 6.42 Å². The minimum atomic E-state index is -0.806. The molecule has 1 fully saturated rings. The minimum Gasteiger partial charge on any atom is -0.487 e. The predicted octanol–water partition coefficient (Wildman–Crippen LogP) is 4.22. The zero-order valence-corrected chi connectivity index (χ0v) is 16.3. The highest BCUT2D eigenvalue weighted by Gasteiger charge is 2.25. The maximum Gasteiger partial charge on any atom is 0.307 e. The summed E-state index contributed by atoms with van der Waals surface area (Å²) in [4.78, 5) is 14.7. The Balaban J connectivity index is 0.00000196. The monoisotopic (exact) mass is 391 g/mol. The van der Waals surface area contributed by atoms with E-state index in [0.717, 1.165) is 42.8 Å². The molecule has 0 radical (unpaired) electrons. The van der Waals surface area contributed by atoms with Crippen molar-refractivity contribution in [2.75, 3.05) is 20.1 Å². The van der Waals surface area contributed by atoms with Crippen LogP contribution in [0.3, 0.4) is 0 Å². The summed E-state index contributed by atoms with van der Waals surface area (Å²) in [6.07, 6.45) is 2.13. The third kappa shape index (κ3) is 3.65. The van der Waals surface area contributed by atoms with Crippen LogP contribution in [-0.2, 0) is 17.8 Å². The van der Waals surface area contributed by atoms with Crippen LogP contribution in [0.5, 0.6) is 5.75 Å². The topological polar surface area (TPSA) is 49.8 Å². The van der Waals surface area contributed by atoms with E-state index in [0.29, 0.717) is 6.61 Å². The molecule has 0 aliphatic carbocycles. The van der Waals surface area contributed by atoms with Gasteiger partial charge < -0.3 is 14.7 Å². The second-order valence-electron chi connectivity index (χ2n) is 6.73. The van der Waals surface area contributed by atoms with E-state index < -0.39 is 5.97 Å². The summed E-state index contributed by atoms with van der Waals surface area (Å²) in [6.45, 7) is 2.70. The van der Waals surface area contributed by atoms with E-state index in [9.17, 15) is 4.79 Å². The maximum atomic E-state index is 11.1. The quantitative estimate of drug-likeness (QED) is 0.832. The number of thiophene rings is 1. The summed E-state index contributed by atoms with van der Waals surface area (Å²) in [5.41, 5.74) is 5.85. The third-order valence-corrected chi connectivity index (χ3v) is 5.88. The average molecular weight is 392 g/mol. The van der Waals surface area contributed by atoms with Crippen LogP contribution in [0.4, 0.5) is 0 Å². The van der Waals surface area contributed by atoms with Crippen LogP contribution < -0.4 is 4.74 Å². The van der Waals surface area contributed by atoms with E-state index in [1.807, 2.05) is 18.2 Å². The number of hydrogen-bond acceptors (Lipinski definition) is 4. The second-order valence-corrected chi connectivity index (χ2v) is 7.73. The van der Waals surface area contributed by atoms with Crippen LogP contribution in [-0.4, -0.2) is 36.1 Å². The number of hydrogen-bond donors (Lipinski definition) is 1. The molecule has 2 aliphatic heterocycles. The number of carbonyl (C=O) groups is 1. The van der Waals surface area contributed by atoms with E-state index in [2.05, 4.69) is 23.4 Å². The van der Waals surface area contributed by atoms with Crippen molar-refractivity contribution in [1.82, 2.24) is 4.90 Å².